The van der Waals surface area contributed by atoms with Crippen LogP contribution in [0.4, 0.5) is 17.6 Å². The van der Waals surface area contributed by atoms with Gasteiger partial charge in [0.25, 0.3) is 45.7 Å². The Kier molecular flexibility index (Phi) is 17.5. The average Bonchev–Trinajstić information content (AvgIpc) is 1.75. The first-order valence-electron chi connectivity index (χ1n) is 24.9. The van der Waals surface area contributed by atoms with E-state index in [-0.39, 0.29) is 21.3 Å². The van der Waals surface area contributed by atoms with E-state index in [0.29, 0.717) is 26.1 Å². The molecule has 4 saturated heterocycles. The minimum Gasteiger partial charge on any atom is -0.391 e. The maximum atomic E-state index is 14.4. The van der Waals surface area contributed by atoms with Crippen LogP contribution in [-0.2, 0) is 45.4 Å². The van der Waals surface area contributed by atoms with Gasteiger partial charge in [0.05, 0.1) is 56.9 Å². The molecular formula is C40H52F4N8O28. The van der Waals surface area contributed by atoms with Crippen molar-refractivity contribution in [1.82, 2.24) is 38.2 Å². The van der Waals surface area contributed by atoms with Crippen LogP contribution < -0.4 is 45.0 Å². The van der Waals surface area contributed by atoms with Crippen molar-refractivity contribution in [2.24, 2.45) is 0 Å². The Morgan fingerprint density at radius 2 is 0.650 bits per heavy atom. The van der Waals surface area contributed by atoms with Crippen molar-refractivity contribution >= 4 is 0 Å². The quantitative estimate of drug-likeness (QED) is 0.0586. The highest BCUT2D eigenvalue weighted by Gasteiger charge is 2.59. The average molecular weight is 1170 g/mol. The van der Waals surface area contributed by atoms with Crippen LogP contribution in [0, 0.1) is 0 Å². The third-order valence-corrected chi connectivity index (χ3v) is 11.7. The normalized spacial score (nSPS) is 36.9. The maximum Gasteiger partial charge on any atom is 0.330 e. The van der Waals surface area contributed by atoms with Gasteiger partial charge in [0.15, 0.2) is 24.9 Å². The molecule has 8 rings (SSSR count). The fourth-order valence-electron chi connectivity index (χ4n) is 7.21. The first-order chi connectivity index (χ1) is 39.4. The topological polar surface area (TPSA) is 580 Å². The van der Waals surface area contributed by atoms with Gasteiger partial charge in [-0.2, -0.15) is 0 Å². The molecule has 4 aliphatic rings. The smallest absolute Gasteiger partial charge is 0.330 e. The van der Waals surface area contributed by atoms with Gasteiger partial charge in [0, 0.05) is 24.8 Å². The molecule has 4 aliphatic heterocycles. The molecule has 36 nitrogen and oxygen atoms in total. The van der Waals surface area contributed by atoms with Gasteiger partial charge in [-0.3, -0.25) is 57.4 Å². The van der Waals surface area contributed by atoms with E-state index in [4.69, 9.17) is 49.1 Å². The first-order valence-corrected chi connectivity index (χ1v) is 21.9. The van der Waals surface area contributed by atoms with E-state index in [2.05, 4.69) is 18.9 Å². The number of alkyl halides is 4. The molecule has 16 atom stereocenters. The number of nitrogens with zero attached hydrogens (tertiary/aromatic N) is 4. The van der Waals surface area contributed by atoms with Crippen molar-refractivity contribution in [3.8, 4) is 0 Å². The van der Waals surface area contributed by atoms with Crippen LogP contribution in [-0.4, -0.2) is 218 Å². The summed E-state index contributed by atoms with van der Waals surface area (Å²) in [6.07, 6.45) is -24.9. The van der Waals surface area contributed by atoms with Crippen molar-refractivity contribution in [2.45, 2.75) is 124 Å². The molecule has 4 aromatic rings. The zero-order valence-corrected chi connectivity index (χ0v) is 39.7. The number of aliphatic hydroxyl groups excluding tert-OH is 14. The predicted molar refractivity (Wildman–Crippen MR) is 241 cm³/mol. The third kappa shape index (κ3) is 12.4. The summed E-state index contributed by atoms with van der Waals surface area (Å²) < 4.78 is 120. The van der Waals surface area contributed by atoms with Crippen LogP contribution in [0.5, 0.6) is 0 Å². The summed E-state index contributed by atoms with van der Waals surface area (Å²) in [4.78, 5) is 99.1. The van der Waals surface area contributed by atoms with Gasteiger partial charge in [-0.1, -0.05) is 0 Å². The Labute approximate surface area is 444 Å². The van der Waals surface area contributed by atoms with E-state index in [0.717, 1.165) is 12.4 Å². The van der Waals surface area contributed by atoms with Gasteiger partial charge in [0.1, 0.15) is 75.2 Å². The highest BCUT2D eigenvalue weighted by atomic mass is 19.2. The minimum atomic E-state index is -3.93. The standard InChI is InChI=1S/4C10H13FN2O7/c4*11-10(3-15)6(17)5(16)8(20-10)13-1-4(2-14)7(18)12-9(13)19/h4*1,5-6,8,14-17H,2-3H2,(H,12,18,19)/t4*5-,6+,8-,10-/m1111/s1/i3D2,8D;8D;3D2;. The van der Waals surface area contributed by atoms with E-state index in [1.165, 1.54) is 0 Å². The van der Waals surface area contributed by atoms with E-state index in [1.54, 1.807) is 15.0 Å². The Morgan fingerprint density at radius 1 is 0.412 bits per heavy atom. The van der Waals surface area contributed by atoms with Crippen LogP contribution in [0.3, 0.4) is 0 Å². The lowest BCUT2D eigenvalue weighted by Gasteiger charge is -2.20. The number of aromatic nitrogens is 8. The minimum absolute atomic E-state index is 0.154. The predicted octanol–water partition coefficient (Wildman–Crippen LogP) is -12.2. The summed E-state index contributed by atoms with van der Waals surface area (Å²) in [6.45, 7) is -13.2. The van der Waals surface area contributed by atoms with E-state index in [9.17, 15) is 96.8 Å². The Morgan fingerprint density at radius 3 is 0.912 bits per heavy atom. The van der Waals surface area contributed by atoms with Crippen molar-refractivity contribution in [3.63, 3.8) is 0 Å². The number of hydrogen-bond donors (Lipinski definition) is 20. The maximum absolute atomic E-state index is 14.4. The molecule has 0 saturated carbocycles. The second-order valence-corrected chi connectivity index (χ2v) is 16.8. The van der Waals surface area contributed by atoms with Gasteiger partial charge < -0.3 is 101 Å². The number of ether oxygens (including phenoxy) is 4. The lowest BCUT2D eigenvalue weighted by molar-refractivity contribution is -0.207. The number of H-pyrrole nitrogens is 4. The van der Waals surface area contributed by atoms with Crippen LogP contribution >= 0.6 is 0 Å². The summed E-state index contributed by atoms with van der Waals surface area (Å²) in [7, 11) is 0. The lowest BCUT2D eigenvalue weighted by atomic mass is 10.1. The molecule has 0 aromatic carbocycles. The molecule has 8 heterocycles. The summed E-state index contributed by atoms with van der Waals surface area (Å²) in [6, 6.07) is 0. The monoisotopic (exact) mass is 1170 g/mol. The largest absolute Gasteiger partial charge is 0.391 e. The first kappa shape index (κ1) is 55.5. The molecule has 4 fully saturated rings. The molecule has 0 bridgehead atoms. The Hall–Kier alpha value is -6.36. The SMILES string of the molecule is O=c1[nH]c(=O)n([C@@H]2O[C@](F)(CO)[C@@H](O)[C@H]2O)cc1CO.[2H]C([2H])(O)[C@@]1(F)O[C@@H](n2cc(CO)c(=O)[nH]c2=O)[C@H](O)[C@@H]1O.[2H]C([2H])(O)[C@@]1(F)O[C@@]([2H])(n2cc(CO)c(=O)[nH]c2=O)[C@H](O)[C@@H]1O.[2H][C@@]1(n2cc(CO)c(=O)[nH]c2=O)O[C@](F)(CO)[C@@H](O)[C@H]1O. The number of aromatic amines is 4. The van der Waals surface area contributed by atoms with Crippen LogP contribution in [0.25, 0.3) is 0 Å². The zero-order valence-electron chi connectivity index (χ0n) is 45.7. The van der Waals surface area contributed by atoms with E-state index >= 15 is 0 Å². The van der Waals surface area contributed by atoms with Crippen LogP contribution in [0.1, 0.15) is 55.3 Å². The van der Waals surface area contributed by atoms with Crippen molar-refractivity contribution in [2.75, 3.05) is 26.3 Å². The van der Waals surface area contributed by atoms with Crippen molar-refractivity contribution in [1.29, 1.82) is 0 Å². The molecule has 40 heteroatoms. The van der Waals surface area contributed by atoms with Crippen LogP contribution in [0.2, 0.25) is 0 Å². The van der Waals surface area contributed by atoms with Gasteiger partial charge in [-0.05, 0) is 0 Å². The molecule has 0 spiro atoms. The number of rotatable bonds is 12. The molecule has 0 unspecified atom stereocenters. The fourth-order valence-corrected chi connectivity index (χ4v) is 7.21. The van der Waals surface area contributed by atoms with Gasteiger partial charge in [-0.25, -0.2) is 36.7 Å². The molecule has 80 heavy (non-hydrogen) atoms. The number of hydrogen-bond acceptors (Lipinski definition) is 28. The lowest BCUT2D eigenvalue weighted by Crippen LogP contribution is -2.42. The molecule has 0 radical (unpaired) electrons. The number of nitrogens with one attached hydrogen (secondary N) is 4. The Balaban J connectivity index is 0.000000210. The highest BCUT2D eigenvalue weighted by molar-refractivity contribution is 5.09. The van der Waals surface area contributed by atoms with Gasteiger partial charge in [-0.15, -0.1) is 0 Å². The second-order valence-electron chi connectivity index (χ2n) is 16.8. The zero-order chi connectivity index (χ0) is 65.7. The molecular weight excluding hydrogens is 1120 g/mol. The van der Waals surface area contributed by atoms with Gasteiger partial charge in [0.2, 0.25) is 0 Å². The number of aliphatic hydroxyl groups is 16. The second kappa shape index (κ2) is 25.2. The molecule has 0 aliphatic carbocycles. The molecule has 448 valence electrons. The molecule has 0 amide bonds. The summed E-state index contributed by atoms with van der Waals surface area (Å²) >= 11 is 0. The molecule has 20 N–H and O–H groups in total. The summed E-state index contributed by atoms with van der Waals surface area (Å²) in [5, 5.41) is 149. The molecule has 4 aromatic heterocycles. The summed E-state index contributed by atoms with van der Waals surface area (Å²) in [5.74, 6) is -13.7. The Bertz CT molecular complexity index is 3630. The van der Waals surface area contributed by atoms with Gasteiger partial charge >= 0.3 is 22.8 Å². The van der Waals surface area contributed by atoms with E-state index in [1.807, 2.05) is 4.98 Å². The third-order valence-electron chi connectivity index (χ3n) is 11.7. The number of halogens is 4. The van der Waals surface area contributed by atoms with E-state index < -0.39 is 200 Å². The fraction of sp³-hybridized carbons (Fsp3) is 0.600. The van der Waals surface area contributed by atoms with Crippen molar-refractivity contribution < 1.29 is 126 Å². The highest BCUT2D eigenvalue weighted by Crippen LogP contribution is 2.40. The summed E-state index contributed by atoms with van der Waals surface area (Å²) in [5.41, 5.74) is -9.74. The van der Waals surface area contributed by atoms with Crippen molar-refractivity contribution in [3.05, 3.63) is 130 Å². The van der Waals surface area contributed by atoms with Crippen LogP contribution in [0.15, 0.2) is 63.1 Å².